The van der Waals surface area contributed by atoms with Crippen LogP contribution in [0.1, 0.15) is 25.0 Å². The van der Waals surface area contributed by atoms with Crippen molar-refractivity contribution in [2.45, 2.75) is 33.4 Å². The van der Waals surface area contributed by atoms with Crippen molar-refractivity contribution in [3.8, 4) is 0 Å². The number of urea groups is 1. The van der Waals surface area contributed by atoms with Crippen LogP contribution in [0.2, 0.25) is 0 Å². The third-order valence-corrected chi connectivity index (χ3v) is 3.63. The summed E-state index contributed by atoms with van der Waals surface area (Å²) in [6.07, 6.45) is 0. The van der Waals surface area contributed by atoms with E-state index >= 15 is 0 Å². The van der Waals surface area contributed by atoms with E-state index in [1.165, 1.54) is 0 Å². The SMILES string of the molecule is Cc1ccc(CNC(=O)CN2C(=O)NC(C(C)C)C2=O)cc1. The smallest absolute Gasteiger partial charge is 0.325 e. The number of carbonyl (C=O) groups excluding carboxylic acids is 3. The van der Waals surface area contributed by atoms with Crippen LogP contribution in [0, 0.1) is 12.8 Å². The Bertz CT molecular complexity index is 581. The van der Waals surface area contributed by atoms with Crippen molar-refractivity contribution >= 4 is 17.8 Å². The van der Waals surface area contributed by atoms with Gasteiger partial charge in [-0.25, -0.2) is 4.79 Å². The molecular formula is C16H21N3O3. The zero-order valence-electron chi connectivity index (χ0n) is 13.1. The molecule has 2 rings (SSSR count). The maximum absolute atomic E-state index is 12.1. The summed E-state index contributed by atoms with van der Waals surface area (Å²) in [6, 6.07) is 6.74. The number of nitrogens with zero attached hydrogens (tertiary/aromatic N) is 1. The summed E-state index contributed by atoms with van der Waals surface area (Å²) >= 11 is 0. The summed E-state index contributed by atoms with van der Waals surface area (Å²) in [7, 11) is 0. The Kier molecular flexibility index (Phi) is 4.80. The number of carbonyl (C=O) groups is 3. The van der Waals surface area contributed by atoms with Gasteiger partial charge in [0.25, 0.3) is 5.91 Å². The minimum atomic E-state index is -0.544. The van der Waals surface area contributed by atoms with Crippen LogP contribution in [0.15, 0.2) is 24.3 Å². The standard InChI is InChI=1S/C16H21N3O3/c1-10(2)14-15(21)19(16(22)18-14)9-13(20)17-8-12-6-4-11(3)5-7-12/h4-7,10,14H,8-9H2,1-3H3,(H,17,20)(H,18,22). The summed E-state index contributed by atoms with van der Waals surface area (Å²) < 4.78 is 0. The van der Waals surface area contributed by atoms with Gasteiger partial charge in [-0.15, -0.1) is 0 Å². The second-order valence-corrected chi connectivity index (χ2v) is 5.86. The van der Waals surface area contributed by atoms with E-state index in [4.69, 9.17) is 0 Å². The molecule has 1 aliphatic rings. The van der Waals surface area contributed by atoms with E-state index in [9.17, 15) is 14.4 Å². The van der Waals surface area contributed by atoms with Gasteiger partial charge in [0.2, 0.25) is 5.91 Å². The van der Waals surface area contributed by atoms with Crippen LogP contribution in [0.5, 0.6) is 0 Å². The number of hydrogen-bond acceptors (Lipinski definition) is 3. The summed E-state index contributed by atoms with van der Waals surface area (Å²) in [5.41, 5.74) is 2.12. The van der Waals surface area contributed by atoms with Crippen molar-refractivity contribution in [1.82, 2.24) is 15.5 Å². The molecule has 118 valence electrons. The molecule has 22 heavy (non-hydrogen) atoms. The molecular weight excluding hydrogens is 282 g/mol. The molecule has 1 atom stereocenters. The Morgan fingerprint density at radius 2 is 1.91 bits per heavy atom. The minimum Gasteiger partial charge on any atom is -0.350 e. The van der Waals surface area contributed by atoms with Gasteiger partial charge in [0.1, 0.15) is 12.6 Å². The van der Waals surface area contributed by atoms with Gasteiger partial charge in [0.15, 0.2) is 0 Å². The quantitative estimate of drug-likeness (QED) is 0.802. The van der Waals surface area contributed by atoms with Gasteiger partial charge in [-0.2, -0.15) is 0 Å². The number of nitrogens with one attached hydrogen (secondary N) is 2. The van der Waals surface area contributed by atoms with E-state index in [1.54, 1.807) is 0 Å². The van der Waals surface area contributed by atoms with Crippen LogP contribution in [-0.2, 0) is 16.1 Å². The van der Waals surface area contributed by atoms with Gasteiger partial charge in [0.05, 0.1) is 0 Å². The molecule has 1 saturated heterocycles. The Morgan fingerprint density at radius 3 is 2.45 bits per heavy atom. The second kappa shape index (κ2) is 6.60. The van der Waals surface area contributed by atoms with Crippen LogP contribution in [0.3, 0.4) is 0 Å². The third kappa shape index (κ3) is 3.63. The lowest BCUT2D eigenvalue weighted by molar-refractivity contribution is -0.132. The van der Waals surface area contributed by atoms with Crippen molar-refractivity contribution in [3.63, 3.8) is 0 Å². The van der Waals surface area contributed by atoms with Crippen LogP contribution in [0.25, 0.3) is 0 Å². The van der Waals surface area contributed by atoms with Crippen molar-refractivity contribution in [1.29, 1.82) is 0 Å². The molecule has 0 aliphatic carbocycles. The molecule has 0 bridgehead atoms. The minimum absolute atomic E-state index is 0.00271. The number of hydrogen-bond donors (Lipinski definition) is 2. The number of benzene rings is 1. The molecule has 1 aromatic rings. The topological polar surface area (TPSA) is 78.5 Å². The molecule has 4 amide bonds. The third-order valence-electron chi connectivity index (χ3n) is 3.63. The van der Waals surface area contributed by atoms with E-state index in [0.29, 0.717) is 6.54 Å². The zero-order chi connectivity index (χ0) is 16.3. The zero-order valence-corrected chi connectivity index (χ0v) is 13.1. The lowest BCUT2D eigenvalue weighted by atomic mass is 10.1. The fourth-order valence-corrected chi connectivity index (χ4v) is 2.25. The molecule has 0 radical (unpaired) electrons. The van der Waals surface area contributed by atoms with Gasteiger partial charge in [-0.05, 0) is 18.4 Å². The monoisotopic (exact) mass is 303 g/mol. The molecule has 0 aromatic heterocycles. The Labute approximate surface area is 129 Å². The highest BCUT2D eigenvalue weighted by molar-refractivity contribution is 6.06. The van der Waals surface area contributed by atoms with Gasteiger partial charge in [0, 0.05) is 6.54 Å². The lowest BCUT2D eigenvalue weighted by Crippen LogP contribution is -2.41. The van der Waals surface area contributed by atoms with Gasteiger partial charge in [-0.3, -0.25) is 14.5 Å². The van der Waals surface area contributed by atoms with Gasteiger partial charge < -0.3 is 10.6 Å². The van der Waals surface area contributed by atoms with Crippen molar-refractivity contribution in [3.05, 3.63) is 35.4 Å². The van der Waals surface area contributed by atoms with E-state index < -0.39 is 12.1 Å². The van der Waals surface area contributed by atoms with Crippen molar-refractivity contribution in [2.24, 2.45) is 5.92 Å². The molecule has 2 N–H and O–H groups in total. The number of amides is 4. The number of imide groups is 1. The average Bonchev–Trinajstić information content (AvgIpc) is 2.75. The first kappa shape index (κ1) is 16.0. The Hall–Kier alpha value is -2.37. The first-order valence-corrected chi connectivity index (χ1v) is 7.32. The lowest BCUT2D eigenvalue weighted by Gasteiger charge is -2.14. The molecule has 1 unspecified atom stereocenters. The highest BCUT2D eigenvalue weighted by Gasteiger charge is 2.40. The van der Waals surface area contributed by atoms with Crippen molar-refractivity contribution in [2.75, 3.05) is 6.54 Å². The summed E-state index contributed by atoms with van der Waals surface area (Å²) in [6.45, 7) is 5.81. The van der Waals surface area contributed by atoms with E-state index in [0.717, 1.165) is 16.0 Å². The maximum Gasteiger partial charge on any atom is 0.325 e. The van der Waals surface area contributed by atoms with Crippen molar-refractivity contribution < 1.29 is 14.4 Å². The largest absolute Gasteiger partial charge is 0.350 e. The van der Waals surface area contributed by atoms with Crippen LogP contribution < -0.4 is 10.6 Å². The first-order valence-electron chi connectivity index (χ1n) is 7.32. The number of aryl methyl sites for hydroxylation is 1. The highest BCUT2D eigenvalue weighted by Crippen LogP contribution is 2.13. The normalized spacial score (nSPS) is 17.8. The summed E-state index contributed by atoms with van der Waals surface area (Å²) in [5, 5.41) is 5.31. The van der Waals surface area contributed by atoms with Crippen LogP contribution >= 0.6 is 0 Å². The highest BCUT2D eigenvalue weighted by atomic mass is 16.2. The predicted molar refractivity (Wildman–Crippen MR) is 81.9 cm³/mol. The van der Waals surface area contributed by atoms with E-state index in [-0.39, 0.29) is 24.3 Å². The van der Waals surface area contributed by atoms with Crippen LogP contribution in [-0.4, -0.2) is 35.3 Å². The molecule has 1 aromatic carbocycles. The molecule has 6 heteroatoms. The van der Waals surface area contributed by atoms with Crippen LogP contribution in [0.4, 0.5) is 4.79 Å². The maximum atomic E-state index is 12.1. The summed E-state index contributed by atoms with van der Waals surface area (Å²) in [4.78, 5) is 36.7. The fraction of sp³-hybridized carbons (Fsp3) is 0.438. The van der Waals surface area contributed by atoms with Gasteiger partial charge >= 0.3 is 6.03 Å². The Balaban J connectivity index is 1.88. The van der Waals surface area contributed by atoms with Gasteiger partial charge in [-0.1, -0.05) is 43.7 Å². The fourth-order valence-electron chi connectivity index (χ4n) is 2.25. The predicted octanol–water partition coefficient (Wildman–Crippen LogP) is 1.19. The average molecular weight is 303 g/mol. The molecule has 0 saturated carbocycles. The van der Waals surface area contributed by atoms with E-state index in [1.807, 2.05) is 45.0 Å². The Morgan fingerprint density at radius 1 is 1.27 bits per heavy atom. The molecule has 1 aliphatic heterocycles. The number of rotatable bonds is 5. The second-order valence-electron chi connectivity index (χ2n) is 5.86. The molecule has 6 nitrogen and oxygen atoms in total. The first-order chi connectivity index (χ1) is 10.4. The molecule has 0 spiro atoms. The van der Waals surface area contributed by atoms with E-state index in [2.05, 4.69) is 10.6 Å². The summed E-state index contributed by atoms with van der Waals surface area (Å²) in [5.74, 6) is -0.698. The molecule has 1 fully saturated rings. The molecule has 1 heterocycles.